The molecule has 0 amide bonds. The Morgan fingerprint density at radius 3 is 2.80 bits per heavy atom. The third kappa shape index (κ3) is 4.05. The SMILES string of the molecule is N#CCCNCCc1cc(F)ccc1F. The second-order valence-electron chi connectivity index (χ2n) is 3.14. The van der Waals surface area contributed by atoms with E-state index in [1.807, 2.05) is 6.07 Å². The van der Waals surface area contributed by atoms with E-state index < -0.39 is 11.6 Å². The van der Waals surface area contributed by atoms with Gasteiger partial charge in [0.05, 0.1) is 6.07 Å². The normalized spacial score (nSPS) is 9.93. The second kappa shape index (κ2) is 6.10. The van der Waals surface area contributed by atoms with Gasteiger partial charge >= 0.3 is 0 Å². The molecule has 0 atom stereocenters. The van der Waals surface area contributed by atoms with Crippen molar-refractivity contribution in [3.05, 3.63) is 35.4 Å². The molecule has 0 aliphatic rings. The van der Waals surface area contributed by atoms with Gasteiger partial charge in [-0.15, -0.1) is 0 Å². The van der Waals surface area contributed by atoms with Crippen LogP contribution in [0.15, 0.2) is 18.2 Å². The van der Waals surface area contributed by atoms with Crippen LogP contribution in [0.3, 0.4) is 0 Å². The molecule has 4 heteroatoms. The predicted molar refractivity (Wildman–Crippen MR) is 53.2 cm³/mol. The molecular weight excluding hydrogens is 198 g/mol. The molecule has 0 heterocycles. The first kappa shape index (κ1) is 11.6. The van der Waals surface area contributed by atoms with Gasteiger partial charge in [-0.05, 0) is 36.7 Å². The zero-order valence-electron chi connectivity index (χ0n) is 8.26. The van der Waals surface area contributed by atoms with Crippen LogP contribution < -0.4 is 5.32 Å². The summed E-state index contributed by atoms with van der Waals surface area (Å²) in [4.78, 5) is 0. The van der Waals surface area contributed by atoms with Crippen LogP contribution >= 0.6 is 0 Å². The molecule has 0 aromatic heterocycles. The Balaban J connectivity index is 2.37. The summed E-state index contributed by atoms with van der Waals surface area (Å²) in [6, 6.07) is 5.41. The van der Waals surface area contributed by atoms with Crippen molar-refractivity contribution in [3.8, 4) is 6.07 Å². The molecule has 0 bridgehead atoms. The van der Waals surface area contributed by atoms with Crippen molar-refractivity contribution < 1.29 is 8.78 Å². The Bertz CT molecular complexity index is 358. The molecule has 1 aromatic rings. The quantitative estimate of drug-likeness (QED) is 0.754. The maximum atomic E-state index is 13.1. The van der Waals surface area contributed by atoms with Crippen LogP contribution in [-0.4, -0.2) is 13.1 Å². The lowest BCUT2D eigenvalue weighted by molar-refractivity contribution is 0.578. The van der Waals surface area contributed by atoms with Gasteiger partial charge in [-0.1, -0.05) is 0 Å². The van der Waals surface area contributed by atoms with Gasteiger partial charge in [0.25, 0.3) is 0 Å². The first-order chi connectivity index (χ1) is 7.24. The van der Waals surface area contributed by atoms with E-state index >= 15 is 0 Å². The molecule has 0 fully saturated rings. The molecular formula is C11H12F2N2. The number of nitrogens with zero attached hydrogens (tertiary/aromatic N) is 1. The average Bonchev–Trinajstić information content (AvgIpc) is 2.23. The van der Waals surface area contributed by atoms with E-state index in [1.54, 1.807) is 0 Å². The van der Waals surface area contributed by atoms with Crippen LogP contribution in [0.25, 0.3) is 0 Å². The standard InChI is InChI=1S/C11H12F2N2/c12-10-2-3-11(13)9(8-10)4-7-15-6-1-5-14/h2-3,8,15H,1,4,6-7H2. The van der Waals surface area contributed by atoms with Crippen LogP contribution in [-0.2, 0) is 6.42 Å². The van der Waals surface area contributed by atoms with Crippen molar-refractivity contribution in [2.24, 2.45) is 0 Å². The molecule has 1 N–H and O–H groups in total. The fraction of sp³-hybridized carbons (Fsp3) is 0.364. The largest absolute Gasteiger partial charge is 0.315 e. The molecule has 80 valence electrons. The highest BCUT2D eigenvalue weighted by Crippen LogP contribution is 2.09. The summed E-state index contributed by atoms with van der Waals surface area (Å²) in [5, 5.41) is 11.2. The first-order valence-electron chi connectivity index (χ1n) is 4.75. The molecule has 0 radical (unpaired) electrons. The third-order valence-electron chi connectivity index (χ3n) is 1.99. The maximum Gasteiger partial charge on any atom is 0.126 e. The molecule has 0 saturated heterocycles. The van der Waals surface area contributed by atoms with Gasteiger partial charge in [0, 0.05) is 13.0 Å². The van der Waals surface area contributed by atoms with Crippen molar-refractivity contribution in [1.29, 1.82) is 5.26 Å². The lowest BCUT2D eigenvalue weighted by Gasteiger charge is -2.04. The van der Waals surface area contributed by atoms with Gasteiger partial charge in [-0.2, -0.15) is 5.26 Å². The van der Waals surface area contributed by atoms with Gasteiger partial charge < -0.3 is 5.32 Å². The minimum atomic E-state index is -0.427. The Morgan fingerprint density at radius 1 is 1.27 bits per heavy atom. The zero-order chi connectivity index (χ0) is 11.1. The summed E-state index contributed by atoms with van der Waals surface area (Å²) in [6.45, 7) is 1.12. The maximum absolute atomic E-state index is 13.1. The van der Waals surface area contributed by atoms with Crippen LogP contribution in [0.5, 0.6) is 0 Å². The summed E-state index contributed by atoms with van der Waals surface area (Å²) >= 11 is 0. The number of nitrogens with one attached hydrogen (secondary N) is 1. The van der Waals surface area contributed by atoms with Gasteiger partial charge in [0.2, 0.25) is 0 Å². The Hall–Kier alpha value is -1.47. The summed E-state index contributed by atoms with van der Waals surface area (Å²) in [6.07, 6.45) is 0.848. The lowest BCUT2D eigenvalue weighted by Crippen LogP contribution is -2.18. The monoisotopic (exact) mass is 210 g/mol. The Labute approximate surface area is 87.5 Å². The molecule has 1 aromatic carbocycles. The van der Waals surface area contributed by atoms with E-state index in [0.717, 1.165) is 12.1 Å². The van der Waals surface area contributed by atoms with Crippen molar-refractivity contribution in [1.82, 2.24) is 5.32 Å². The van der Waals surface area contributed by atoms with E-state index in [9.17, 15) is 8.78 Å². The molecule has 0 aliphatic heterocycles. The number of hydrogen-bond donors (Lipinski definition) is 1. The van der Waals surface area contributed by atoms with E-state index in [-0.39, 0.29) is 0 Å². The van der Waals surface area contributed by atoms with Crippen LogP contribution in [0, 0.1) is 23.0 Å². The first-order valence-corrected chi connectivity index (χ1v) is 4.75. The van der Waals surface area contributed by atoms with E-state index in [4.69, 9.17) is 5.26 Å². The highest BCUT2D eigenvalue weighted by Gasteiger charge is 2.02. The number of benzene rings is 1. The van der Waals surface area contributed by atoms with E-state index in [0.29, 0.717) is 31.5 Å². The van der Waals surface area contributed by atoms with Crippen molar-refractivity contribution in [2.45, 2.75) is 12.8 Å². The molecule has 0 saturated carbocycles. The number of halogens is 2. The van der Waals surface area contributed by atoms with E-state index in [1.165, 1.54) is 6.07 Å². The van der Waals surface area contributed by atoms with Crippen molar-refractivity contribution in [2.75, 3.05) is 13.1 Å². The van der Waals surface area contributed by atoms with Crippen LogP contribution in [0.2, 0.25) is 0 Å². The summed E-state index contributed by atoms with van der Waals surface area (Å²) < 4.78 is 25.8. The lowest BCUT2D eigenvalue weighted by atomic mass is 10.1. The molecule has 1 rings (SSSR count). The van der Waals surface area contributed by atoms with Crippen molar-refractivity contribution in [3.63, 3.8) is 0 Å². The van der Waals surface area contributed by atoms with Crippen LogP contribution in [0.4, 0.5) is 8.78 Å². The van der Waals surface area contributed by atoms with Crippen molar-refractivity contribution >= 4 is 0 Å². The minimum absolute atomic E-state index is 0.361. The topological polar surface area (TPSA) is 35.8 Å². The third-order valence-corrected chi connectivity index (χ3v) is 1.99. The number of nitriles is 1. The molecule has 15 heavy (non-hydrogen) atoms. The average molecular weight is 210 g/mol. The highest BCUT2D eigenvalue weighted by atomic mass is 19.1. The van der Waals surface area contributed by atoms with Gasteiger partial charge in [0.15, 0.2) is 0 Å². The highest BCUT2D eigenvalue weighted by molar-refractivity contribution is 5.18. The fourth-order valence-corrected chi connectivity index (χ4v) is 1.23. The number of hydrogen-bond acceptors (Lipinski definition) is 2. The summed E-state index contributed by atoms with van der Waals surface area (Å²) in [5.41, 5.74) is 0.361. The molecule has 0 unspecified atom stereocenters. The smallest absolute Gasteiger partial charge is 0.126 e. The minimum Gasteiger partial charge on any atom is -0.315 e. The Kier molecular flexibility index (Phi) is 4.72. The second-order valence-corrected chi connectivity index (χ2v) is 3.14. The van der Waals surface area contributed by atoms with E-state index in [2.05, 4.69) is 5.32 Å². The van der Waals surface area contributed by atoms with Gasteiger partial charge in [-0.25, -0.2) is 8.78 Å². The fourth-order valence-electron chi connectivity index (χ4n) is 1.23. The summed E-state index contributed by atoms with van der Waals surface area (Å²) in [7, 11) is 0. The zero-order valence-corrected chi connectivity index (χ0v) is 8.26. The molecule has 2 nitrogen and oxygen atoms in total. The molecule has 0 aliphatic carbocycles. The van der Waals surface area contributed by atoms with Gasteiger partial charge in [0.1, 0.15) is 11.6 Å². The predicted octanol–water partition coefficient (Wildman–Crippen LogP) is 2.01. The Morgan fingerprint density at radius 2 is 2.07 bits per heavy atom. The molecule has 0 spiro atoms. The van der Waals surface area contributed by atoms with Crippen LogP contribution in [0.1, 0.15) is 12.0 Å². The number of rotatable bonds is 5. The van der Waals surface area contributed by atoms with Gasteiger partial charge in [-0.3, -0.25) is 0 Å². The summed E-state index contributed by atoms with van der Waals surface area (Å²) in [5.74, 6) is -0.818.